The van der Waals surface area contributed by atoms with E-state index in [-0.39, 0.29) is 11.8 Å². The molecule has 0 fully saturated rings. The molecule has 1 N–H and O–H groups in total. The summed E-state index contributed by atoms with van der Waals surface area (Å²) in [4.78, 5) is 16.5. The second-order valence-corrected chi connectivity index (χ2v) is 5.35. The summed E-state index contributed by atoms with van der Waals surface area (Å²) in [6, 6.07) is 11.8. The van der Waals surface area contributed by atoms with Crippen molar-refractivity contribution in [3.05, 3.63) is 59.4 Å². The maximum atomic E-state index is 12.2. The lowest BCUT2D eigenvalue weighted by Crippen LogP contribution is -2.37. The zero-order valence-electron chi connectivity index (χ0n) is 12.0. The summed E-state index contributed by atoms with van der Waals surface area (Å²) in [5.74, 6) is 0.799. The molecule has 21 heavy (non-hydrogen) atoms. The van der Waals surface area contributed by atoms with E-state index in [1.54, 1.807) is 6.20 Å². The molecule has 0 bridgehead atoms. The molecule has 108 valence electrons. The molecule has 1 amide bonds. The van der Waals surface area contributed by atoms with Crippen LogP contribution in [0.1, 0.15) is 16.8 Å². The molecule has 0 aliphatic carbocycles. The lowest BCUT2D eigenvalue weighted by Gasteiger charge is -2.24. The van der Waals surface area contributed by atoms with Gasteiger partial charge in [0.05, 0.1) is 5.92 Å². The van der Waals surface area contributed by atoms with Crippen LogP contribution in [0, 0.1) is 12.8 Å². The van der Waals surface area contributed by atoms with E-state index in [1.807, 2.05) is 43.3 Å². The van der Waals surface area contributed by atoms with Crippen LogP contribution in [-0.4, -0.2) is 17.5 Å². The summed E-state index contributed by atoms with van der Waals surface area (Å²) in [6.07, 6.45) is 2.52. The molecule has 2 heterocycles. The summed E-state index contributed by atoms with van der Waals surface area (Å²) in [6.45, 7) is 2.89. The van der Waals surface area contributed by atoms with Crippen molar-refractivity contribution in [3.63, 3.8) is 0 Å². The average Bonchev–Trinajstić information content (AvgIpc) is 2.53. The first kappa shape index (κ1) is 13.6. The molecule has 0 saturated heterocycles. The maximum absolute atomic E-state index is 12.2. The zero-order chi connectivity index (χ0) is 14.7. The van der Waals surface area contributed by atoms with E-state index in [0.717, 1.165) is 29.0 Å². The topological polar surface area (TPSA) is 51.2 Å². The van der Waals surface area contributed by atoms with Crippen LogP contribution in [0.4, 0.5) is 0 Å². The summed E-state index contributed by atoms with van der Waals surface area (Å²) in [7, 11) is 0. The molecule has 1 aliphatic heterocycles. The number of aromatic nitrogens is 1. The molecule has 1 aromatic carbocycles. The molecule has 0 radical (unpaired) electrons. The monoisotopic (exact) mass is 282 g/mol. The van der Waals surface area contributed by atoms with Crippen LogP contribution in [-0.2, 0) is 17.8 Å². The van der Waals surface area contributed by atoms with E-state index in [2.05, 4.69) is 10.3 Å². The van der Waals surface area contributed by atoms with Gasteiger partial charge < -0.3 is 10.1 Å². The summed E-state index contributed by atoms with van der Waals surface area (Å²) < 4.78 is 5.65. The lowest BCUT2D eigenvalue weighted by molar-refractivity contribution is -0.126. The molecular weight excluding hydrogens is 264 g/mol. The smallest absolute Gasteiger partial charge is 0.227 e. The first-order chi connectivity index (χ1) is 10.2. The second kappa shape index (κ2) is 5.95. The highest BCUT2D eigenvalue weighted by Crippen LogP contribution is 2.26. The Hall–Kier alpha value is -2.36. The van der Waals surface area contributed by atoms with Gasteiger partial charge in [-0.05, 0) is 36.6 Å². The molecule has 2 aromatic rings. The van der Waals surface area contributed by atoms with Crippen LogP contribution < -0.4 is 10.1 Å². The van der Waals surface area contributed by atoms with Crippen LogP contribution in [0.3, 0.4) is 0 Å². The highest BCUT2D eigenvalue weighted by Gasteiger charge is 2.25. The Bertz CT molecular complexity index is 637. The van der Waals surface area contributed by atoms with Crippen molar-refractivity contribution >= 4 is 5.91 Å². The van der Waals surface area contributed by atoms with Gasteiger partial charge in [0.2, 0.25) is 5.91 Å². The number of rotatable bonds is 3. The maximum Gasteiger partial charge on any atom is 0.227 e. The molecule has 1 aromatic heterocycles. The summed E-state index contributed by atoms with van der Waals surface area (Å²) in [5, 5.41) is 2.96. The van der Waals surface area contributed by atoms with E-state index in [9.17, 15) is 4.79 Å². The van der Waals surface area contributed by atoms with Crippen molar-refractivity contribution in [1.82, 2.24) is 10.3 Å². The highest BCUT2D eigenvalue weighted by molar-refractivity contribution is 5.79. The molecule has 0 spiro atoms. The highest BCUT2D eigenvalue weighted by atomic mass is 16.5. The number of hydrogen-bond donors (Lipinski definition) is 1. The number of ether oxygens (including phenoxy) is 1. The summed E-state index contributed by atoms with van der Waals surface area (Å²) >= 11 is 0. The third-order valence-electron chi connectivity index (χ3n) is 3.69. The van der Waals surface area contributed by atoms with Crippen molar-refractivity contribution in [2.45, 2.75) is 19.9 Å². The molecule has 0 unspecified atom stereocenters. The van der Waals surface area contributed by atoms with Crippen LogP contribution in [0.5, 0.6) is 5.75 Å². The molecule has 1 atom stereocenters. The van der Waals surface area contributed by atoms with Gasteiger partial charge in [-0.15, -0.1) is 0 Å². The predicted molar refractivity (Wildman–Crippen MR) is 80.0 cm³/mol. The molecule has 4 nitrogen and oxygen atoms in total. The van der Waals surface area contributed by atoms with Gasteiger partial charge >= 0.3 is 0 Å². The quantitative estimate of drug-likeness (QED) is 0.939. The fourth-order valence-electron chi connectivity index (χ4n) is 2.43. The van der Waals surface area contributed by atoms with Crippen molar-refractivity contribution < 1.29 is 9.53 Å². The van der Waals surface area contributed by atoms with Crippen LogP contribution in [0.2, 0.25) is 0 Å². The number of nitrogens with zero attached hydrogens (tertiary/aromatic N) is 1. The Morgan fingerprint density at radius 2 is 2.19 bits per heavy atom. The van der Waals surface area contributed by atoms with Crippen molar-refractivity contribution in [2.75, 3.05) is 6.61 Å². The molecular formula is C17H18N2O2. The standard InChI is InChI=1S/C17H18N2O2/c1-12-6-7-13(9-18-12)10-19-17(20)15-8-14-4-2-3-5-16(14)21-11-15/h2-7,9,15H,8,10-11H2,1H3,(H,19,20)/t15-/m1/s1. The number of amides is 1. The normalized spacial score (nSPS) is 16.7. The largest absolute Gasteiger partial charge is 0.492 e. The Labute approximate surface area is 124 Å². The number of benzene rings is 1. The molecule has 4 heteroatoms. The average molecular weight is 282 g/mol. The minimum Gasteiger partial charge on any atom is -0.492 e. The Balaban J connectivity index is 1.58. The van der Waals surface area contributed by atoms with Crippen LogP contribution in [0.15, 0.2) is 42.6 Å². The zero-order valence-corrected chi connectivity index (χ0v) is 12.0. The van der Waals surface area contributed by atoms with Gasteiger partial charge in [0.25, 0.3) is 0 Å². The SMILES string of the molecule is Cc1ccc(CNC(=O)[C@H]2COc3ccccc3C2)cn1. The first-order valence-corrected chi connectivity index (χ1v) is 7.12. The van der Waals surface area contributed by atoms with Crippen molar-refractivity contribution in [3.8, 4) is 5.75 Å². The Kier molecular flexibility index (Phi) is 3.86. The van der Waals surface area contributed by atoms with Crippen molar-refractivity contribution in [1.29, 1.82) is 0 Å². The third-order valence-corrected chi connectivity index (χ3v) is 3.69. The molecule has 3 rings (SSSR count). The number of carbonyl (C=O) groups is 1. The number of nitrogens with one attached hydrogen (secondary N) is 1. The minimum atomic E-state index is -0.127. The number of fused-ring (bicyclic) bond motifs is 1. The predicted octanol–water partition coefficient (Wildman–Crippen LogP) is 2.26. The Morgan fingerprint density at radius 1 is 1.33 bits per heavy atom. The minimum absolute atomic E-state index is 0.0325. The fourth-order valence-corrected chi connectivity index (χ4v) is 2.43. The number of para-hydroxylation sites is 1. The number of hydrogen-bond acceptors (Lipinski definition) is 3. The number of aryl methyl sites for hydroxylation is 1. The van der Waals surface area contributed by atoms with E-state index < -0.39 is 0 Å². The van der Waals surface area contributed by atoms with Gasteiger partial charge in [-0.3, -0.25) is 9.78 Å². The van der Waals surface area contributed by atoms with Crippen LogP contribution >= 0.6 is 0 Å². The summed E-state index contributed by atoms with van der Waals surface area (Å²) in [5.41, 5.74) is 3.08. The van der Waals surface area contributed by atoms with E-state index >= 15 is 0 Å². The van der Waals surface area contributed by atoms with E-state index in [1.165, 1.54) is 0 Å². The van der Waals surface area contributed by atoms with Crippen molar-refractivity contribution in [2.24, 2.45) is 5.92 Å². The van der Waals surface area contributed by atoms with Crippen LogP contribution in [0.25, 0.3) is 0 Å². The van der Waals surface area contributed by atoms with Gasteiger partial charge in [-0.25, -0.2) is 0 Å². The van der Waals surface area contributed by atoms with Gasteiger partial charge in [0.1, 0.15) is 12.4 Å². The second-order valence-electron chi connectivity index (χ2n) is 5.35. The molecule has 0 saturated carbocycles. The lowest BCUT2D eigenvalue weighted by atomic mass is 9.96. The number of pyridine rings is 1. The van der Waals surface area contributed by atoms with Gasteiger partial charge in [-0.2, -0.15) is 0 Å². The van der Waals surface area contributed by atoms with E-state index in [0.29, 0.717) is 13.2 Å². The van der Waals surface area contributed by atoms with Gasteiger partial charge in [0.15, 0.2) is 0 Å². The fraction of sp³-hybridized carbons (Fsp3) is 0.294. The van der Waals surface area contributed by atoms with Gasteiger partial charge in [0, 0.05) is 18.4 Å². The number of carbonyl (C=O) groups excluding carboxylic acids is 1. The van der Waals surface area contributed by atoms with Gasteiger partial charge in [-0.1, -0.05) is 24.3 Å². The Morgan fingerprint density at radius 3 is 3.00 bits per heavy atom. The van der Waals surface area contributed by atoms with E-state index in [4.69, 9.17) is 4.74 Å². The third kappa shape index (κ3) is 3.21. The molecule has 1 aliphatic rings. The first-order valence-electron chi connectivity index (χ1n) is 7.12.